The largest absolute Gasteiger partial charge is 0.329 e. The Labute approximate surface area is 123 Å². The highest BCUT2D eigenvalue weighted by Crippen LogP contribution is 2.37. The van der Waals surface area contributed by atoms with Gasteiger partial charge in [-0.2, -0.15) is 0 Å². The van der Waals surface area contributed by atoms with Crippen LogP contribution in [0.4, 0.5) is 0 Å². The van der Waals surface area contributed by atoms with E-state index >= 15 is 0 Å². The zero-order valence-corrected chi connectivity index (χ0v) is 13.0. The average molecular weight is 275 g/mol. The number of nitrogens with two attached hydrogens (primary N) is 1. The van der Waals surface area contributed by atoms with Crippen LogP contribution in [0.1, 0.15) is 51.5 Å². The van der Waals surface area contributed by atoms with E-state index < -0.39 is 0 Å². The Morgan fingerprint density at radius 1 is 1.50 bits per heavy atom. The molecule has 0 saturated heterocycles. The lowest BCUT2D eigenvalue weighted by atomic mass is 9.75. The zero-order chi connectivity index (χ0) is 14.4. The summed E-state index contributed by atoms with van der Waals surface area (Å²) >= 11 is 0. The fraction of sp³-hybridized carbons (Fsp3) is 0.706. The second kappa shape index (κ2) is 7.19. The third kappa shape index (κ3) is 3.58. The van der Waals surface area contributed by atoms with Crippen LogP contribution in [0.15, 0.2) is 24.5 Å². The number of aromatic nitrogens is 1. The van der Waals surface area contributed by atoms with Gasteiger partial charge in [0.05, 0.1) is 0 Å². The molecule has 2 N–H and O–H groups in total. The highest BCUT2D eigenvalue weighted by molar-refractivity contribution is 5.10. The van der Waals surface area contributed by atoms with Crippen molar-refractivity contribution in [1.82, 2.24) is 9.88 Å². The Kier molecular flexibility index (Phi) is 5.55. The molecule has 3 heteroatoms. The van der Waals surface area contributed by atoms with Gasteiger partial charge in [-0.1, -0.05) is 32.8 Å². The minimum atomic E-state index is 0.198. The molecule has 0 spiro atoms. The van der Waals surface area contributed by atoms with E-state index in [1.54, 1.807) is 0 Å². The quantitative estimate of drug-likeness (QED) is 0.867. The van der Waals surface area contributed by atoms with Gasteiger partial charge in [-0.3, -0.25) is 9.88 Å². The third-order valence-electron chi connectivity index (χ3n) is 4.71. The van der Waals surface area contributed by atoms with Gasteiger partial charge < -0.3 is 5.73 Å². The fourth-order valence-electron chi connectivity index (χ4n) is 3.70. The topological polar surface area (TPSA) is 42.2 Å². The molecule has 0 amide bonds. The zero-order valence-electron chi connectivity index (χ0n) is 13.0. The second-order valence-electron chi connectivity index (χ2n) is 6.41. The Morgan fingerprint density at radius 3 is 2.95 bits per heavy atom. The van der Waals surface area contributed by atoms with Crippen LogP contribution in [0.5, 0.6) is 0 Å². The molecule has 112 valence electrons. The smallest absolute Gasteiger partial charge is 0.0337 e. The molecule has 1 aromatic heterocycles. The van der Waals surface area contributed by atoms with Crippen molar-refractivity contribution in [3.63, 3.8) is 0 Å². The standard InChI is InChI=1S/C17H29N3/c1-3-10-20(13-16-7-5-9-19-12-16)17(14-18)8-4-6-15(2)11-17/h5,7,9,12,15H,3-4,6,8,10-11,13-14,18H2,1-2H3. The summed E-state index contributed by atoms with van der Waals surface area (Å²) in [6.45, 7) is 7.51. The average Bonchev–Trinajstić information content (AvgIpc) is 2.48. The maximum atomic E-state index is 6.23. The van der Waals surface area contributed by atoms with Gasteiger partial charge in [0.25, 0.3) is 0 Å². The summed E-state index contributed by atoms with van der Waals surface area (Å²) in [5, 5.41) is 0. The summed E-state index contributed by atoms with van der Waals surface area (Å²) in [5.41, 5.74) is 7.72. The lowest BCUT2D eigenvalue weighted by molar-refractivity contribution is 0.0321. The lowest BCUT2D eigenvalue weighted by Gasteiger charge is -2.48. The first-order valence-corrected chi connectivity index (χ1v) is 8.04. The second-order valence-corrected chi connectivity index (χ2v) is 6.41. The van der Waals surface area contributed by atoms with Crippen LogP contribution in [0.25, 0.3) is 0 Å². The highest BCUT2D eigenvalue weighted by atomic mass is 15.2. The monoisotopic (exact) mass is 275 g/mol. The van der Waals surface area contributed by atoms with Crippen LogP contribution >= 0.6 is 0 Å². The van der Waals surface area contributed by atoms with Crippen LogP contribution < -0.4 is 5.73 Å². The molecule has 1 aliphatic rings. The van der Waals surface area contributed by atoms with Gasteiger partial charge in [-0.05, 0) is 43.4 Å². The molecule has 1 aliphatic carbocycles. The van der Waals surface area contributed by atoms with Crippen LogP contribution in [-0.4, -0.2) is 28.5 Å². The maximum Gasteiger partial charge on any atom is 0.0337 e. The number of nitrogens with zero attached hydrogens (tertiary/aromatic N) is 2. The van der Waals surface area contributed by atoms with Gasteiger partial charge in [-0.25, -0.2) is 0 Å². The molecule has 3 nitrogen and oxygen atoms in total. The van der Waals surface area contributed by atoms with Crippen molar-refractivity contribution in [3.05, 3.63) is 30.1 Å². The van der Waals surface area contributed by atoms with Crippen molar-refractivity contribution in [2.45, 2.75) is 58.0 Å². The molecule has 20 heavy (non-hydrogen) atoms. The Morgan fingerprint density at radius 2 is 2.35 bits per heavy atom. The van der Waals surface area contributed by atoms with E-state index in [9.17, 15) is 0 Å². The van der Waals surface area contributed by atoms with Crippen molar-refractivity contribution in [2.75, 3.05) is 13.1 Å². The lowest BCUT2D eigenvalue weighted by Crippen LogP contribution is -2.56. The minimum Gasteiger partial charge on any atom is -0.329 e. The minimum absolute atomic E-state index is 0.198. The Balaban J connectivity index is 2.16. The first kappa shape index (κ1) is 15.5. The van der Waals surface area contributed by atoms with E-state index in [4.69, 9.17) is 5.73 Å². The van der Waals surface area contributed by atoms with Crippen LogP contribution in [0, 0.1) is 5.92 Å². The molecule has 2 atom stereocenters. The summed E-state index contributed by atoms with van der Waals surface area (Å²) in [5.74, 6) is 0.792. The fourth-order valence-corrected chi connectivity index (χ4v) is 3.70. The molecule has 2 unspecified atom stereocenters. The highest BCUT2D eigenvalue weighted by Gasteiger charge is 2.38. The van der Waals surface area contributed by atoms with Gasteiger partial charge in [0.2, 0.25) is 0 Å². The molecule has 0 aromatic carbocycles. The Hall–Kier alpha value is -0.930. The van der Waals surface area contributed by atoms with E-state index in [-0.39, 0.29) is 5.54 Å². The van der Waals surface area contributed by atoms with Gasteiger partial charge in [-0.15, -0.1) is 0 Å². The van der Waals surface area contributed by atoms with E-state index in [2.05, 4.69) is 29.8 Å². The van der Waals surface area contributed by atoms with Crippen molar-refractivity contribution < 1.29 is 0 Å². The number of hydrogen-bond acceptors (Lipinski definition) is 3. The summed E-state index contributed by atoms with van der Waals surface area (Å²) in [7, 11) is 0. The number of pyridine rings is 1. The molecule has 1 saturated carbocycles. The molecule has 0 radical (unpaired) electrons. The van der Waals surface area contributed by atoms with E-state index in [1.807, 2.05) is 18.5 Å². The Bertz CT molecular complexity index is 392. The van der Waals surface area contributed by atoms with Crippen molar-refractivity contribution in [3.8, 4) is 0 Å². The molecular formula is C17H29N3. The van der Waals surface area contributed by atoms with Gasteiger partial charge in [0.1, 0.15) is 0 Å². The van der Waals surface area contributed by atoms with Gasteiger partial charge >= 0.3 is 0 Å². The summed E-state index contributed by atoms with van der Waals surface area (Å²) in [4.78, 5) is 6.87. The molecule has 0 bridgehead atoms. The van der Waals surface area contributed by atoms with Gasteiger partial charge in [0.15, 0.2) is 0 Å². The molecular weight excluding hydrogens is 246 g/mol. The molecule has 1 aromatic rings. The maximum absolute atomic E-state index is 6.23. The van der Waals surface area contributed by atoms with Crippen molar-refractivity contribution in [2.24, 2.45) is 11.7 Å². The van der Waals surface area contributed by atoms with Crippen LogP contribution in [0.2, 0.25) is 0 Å². The normalized spacial score (nSPS) is 26.9. The summed E-state index contributed by atoms with van der Waals surface area (Å²) in [6.07, 6.45) is 10.2. The first-order chi connectivity index (χ1) is 9.70. The molecule has 1 fully saturated rings. The van der Waals surface area contributed by atoms with Crippen molar-refractivity contribution >= 4 is 0 Å². The van der Waals surface area contributed by atoms with Crippen LogP contribution in [0.3, 0.4) is 0 Å². The third-order valence-corrected chi connectivity index (χ3v) is 4.71. The summed E-state index contributed by atoms with van der Waals surface area (Å²) < 4.78 is 0. The number of hydrogen-bond donors (Lipinski definition) is 1. The van der Waals surface area contributed by atoms with E-state index in [1.165, 1.54) is 37.7 Å². The van der Waals surface area contributed by atoms with Gasteiger partial charge in [0, 0.05) is 31.0 Å². The summed E-state index contributed by atoms with van der Waals surface area (Å²) in [6, 6.07) is 4.20. The molecule has 2 rings (SSSR count). The predicted molar refractivity (Wildman–Crippen MR) is 84.4 cm³/mol. The SMILES string of the molecule is CCCN(Cc1cccnc1)C1(CN)CCCC(C)C1. The molecule has 0 aliphatic heterocycles. The molecule has 1 heterocycles. The number of rotatable bonds is 6. The van der Waals surface area contributed by atoms with E-state index in [0.29, 0.717) is 0 Å². The van der Waals surface area contributed by atoms with Crippen LogP contribution in [-0.2, 0) is 6.54 Å². The first-order valence-electron chi connectivity index (χ1n) is 8.04. The van der Waals surface area contributed by atoms with E-state index in [0.717, 1.165) is 25.6 Å². The predicted octanol–water partition coefficient (Wildman–Crippen LogP) is 3.20. The van der Waals surface area contributed by atoms with Crippen molar-refractivity contribution in [1.29, 1.82) is 0 Å².